The predicted octanol–water partition coefficient (Wildman–Crippen LogP) is 3.56. The molecule has 0 unspecified atom stereocenters. The van der Waals surface area contributed by atoms with Crippen LogP contribution in [0, 0.1) is 0 Å². The summed E-state index contributed by atoms with van der Waals surface area (Å²) in [5, 5.41) is 0. The van der Waals surface area contributed by atoms with Gasteiger partial charge in [0, 0.05) is 12.1 Å². The van der Waals surface area contributed by atoms with Crippen LogP contribution in [0.1, 0.15) is 58.0 Å². The topological polar surface area (TPSA) is 80.8 Å². The molecule has 0 aromatic heterocycles. The molecule has 0 radical (unpaired) electrons. The van der Waals surface area contributed by atoms with Crippen LogP contribution in [0.5, 0.6) is 0 Å². The maximum atomic E-state index is 12.3. The molecule has 1 aliphatic heterocycles. The largest absolute Gasteiger partial charge is 0.454 e. The molecule has 0 bridgehead atoms. The zero-order valence-electron chi connectivity index (χ0n) is 16.8. The summed E-state index contributed by atoms with van der Waals surface area (Å²) < 4.78 is 30.1. The summed E-state index contributed by atoms with van der Waals surface area (Å²) in [6.45, 7) is 4.26. The summed E-state index contributed by atoms with van der Waals surface area (Å²) in [6.07, 6.45) is 2.71. The molecule has 0 saturated carbocycles. The summed E-state index contributed by atoms with van der Waals surface area (Å²) in [7, 11) is -3.34. The minimum absolute atomic E-state index is 0.265. The number of ketones is 1. The molecule has 2 aromatic carbocycles. The first-order chi connectivity index (χ1) is 13.7. The van der Waals surface area contributed by atoms with Gasteiger partial charge in [-0.2, -0.15) is 0 Å². The molecule has 3 rings (SSSR count). The van der Waals surface area contributed by atoms with Gasteiger partial charge in [0.15, 0.2) is 12.4 Å². The highest BCUT2D eigenvalue weighted by Gasteiger charge is 2.27. The van der Waals surface area contributed by atoms with Crippen molar-refractivity contribution in [3.05, 3.63) is 64.7 Å². The Kier molecular flexibility index (Phi) is 6.07. The Morgan fingerprint density at radius 3 is 2.38 bits per heavy atom. The van der Waals surface area contributed by atoms with Gasteiger partial charge in [-0.25, -0.2) is 13.2 Å². The third-order valence-corrected chi connectivity index (χ3v) is 6.50. The van der Waals surface area contributed by atoms with E-state index in [1.165, 1.54) is 15.9 Å². The highest BCUT2D eigenvalue weighted by molar-refractivity contribution is 7.92. The van der Waals surface area contributed by atoms with E-state index < -0.39 is 16.0 Å². The van der Waals surface area contributed by atoms with E-state index in [2.05, 4.69) is 13.8 Å². The van der Waals surface area contributed by atoms with E-state index in [0.717, 1.165) is 18.2 Å². The summed E-state index contributed by atoms with van der Waals surface area (Å²) in [5.74, 6) is -0.441. The average molecular weight is 416 g/mol. The van der Waals surface area contributed by atoms with Crippen molar-refractivity contribution < 1.29 is 22.7 Å². The third kappa shape index (κ3) is 4.67. The number of carbonyl (C=O) groups is 2. The molecule has 2 aromatic rings. The number of esters is 1. The quantitative estimate of drug-likeness (QED) is 0.510. The minimum atomic E-state index is -3.34. The maximum absolute atomic E-state index is 12.3. The smallest absolute Gasteiger partial charge is 0.338 e. The van der Waals surface area contributed by atoms with Crippen LogP contribution in [0.15, 0.2) is 42.5 Å². The second-order valence-electron chi connectivity index (χ2n) is 7.36. The van der Waals surface area contributed by atoms with Crippen molar-refractivity contribution in [2.45, 2.75) is 32.6 Å². The fourth-order valence-corrected chi connectivity index (χ4v) is 4.33. The third-order valence-electron chi connectivity index (χ3n) is 5.32. The van der Waals surface area contributed by atoms with Crippen LogP contribution in [0.2, 0.25) is 0 Å². The molecule has 1 aliphatic rings. The molecule has 0 amide bonds. The summed E-state index contributed by atoms with van der Waals surface area (Å²) in [6, 6.07) is 12.1. The van der Waals surface area contributed by atoms with Gasteiger partial charge in [-0.15, -0.1) is 0 Å². The van der Waals surface area contributed by atoms with Crippen molar-refractivity contribution in [2.24, 2.45) is 0 Å². The number of nitrogens with zero attached hydrogens (tertiary/aromatic N) is 1. The van der Waals surface area contributed by atoms with Gasteiger partial charge in [-0.3, -0.25) is 9.10 Å². The molecular formula is C22H25NO5S. The van der Waals surface area contributed by atoms with Gasteiger partial charge in [0.2, 0.25) is 10.0 Å². The molecule has 0 spiro atoms. The van der Waals surface area contributed by atoms with E-state index in [1.54, 1.807) is 24.3 Å². The fraction of sp³-hybridized carbons (Fsp3) is 0.364. The van der Waals surface area contributed by atoms with E-state index in [1.807, 2.05) is 12.1 Å². The molecular weight excluding hydrogens is 390 g/mol. The van der Waals surface area contributed by atoms with Crippen LogP contribution in [-0.2, 0) is 21.2 Å². The van der Waals surface area contributed by atoms with Crippen LogP contribution in [-0.4, -0.2) is 39.6 Å². The van der Waals surface area contributed by atoms with Crippen molar-refractivity contribution in [3.63, 3.8) is 0 Å². The van der Waals surface area contributed by atoms with E-state index in [-0.39, 0.29) is 12.4 Å². The van der Waals surface area contributed by atoms with Gasteiger partial charge in [0.05, 0.1) is 17.5 Å². The number of hydrogen-bond donors (Lipinski definition) is 0. The Hall–Kier alpha value is -2.67. The van der Waals surface area contributed by atoms with Gasteiger partial charge >= 0.3 is 5.97 Å². The number of ether oxygens (including phenoxy) is 1. The summed E-state index contributed by atoms with van der Waals surface area (Å²) in [4.78, 5) is 24.7. The van der Waals surface area contributed by atoms with Crippen molar-refractivity contribution in [1.82, 2.24) is 0 Å². The molecule has 1 atom stereocenters. The van der Waals surface area contributed by atoms with Crippen molar-refractivity contribution in [1.29, 1.82) is 0 Å². The van der Waals surface area contributed by atoms with Crippen LogP contribution in [0.4, 0.5) is 5.69 Å². The average Bonchev–Trinajstić information content (AvgIpc) is 3.15. The number of carbonyl (C=O) groups excluding carboxylic acids is 2. The normalized spacial score (nSPS) is 14.4. The first kappa shape index (κ1) is 21.0. The lowest BCUT2D eigenvalue weighted by atomic mass is 9.97. The zero-order valence-corrected chi connectivity index (χ0v) is 17.7. The fourth-order valence-electron chi connectivity index (χ4n) is 3.37. The maximum Gasteiger partial charge on any atom is 0.338 e. The van der Waals surface area contributed by atoms with Gasteiger partial charge < -0.3 is 4.74 Å². The van der Waals surface area contributed by atoms with Gasteiger partial charge in [-0.05, 0) is 48.1 Å². The minimum Gasteiger partial charge on any atom is -0.454 e. The Bertz CT molecular complexity index is 1030. The Morgan fingerprint density at radius 1 is 1.10 bits per heavy atom. The first-order valence-electron chi connectivity index (χ1n) is 9.61. The molecule has 0 aliphatic carbocycles. The van der Waals surface area contributed by atoms with E-state index in [9.17, 15) is 18.0 Å². The molecule has 0 fully saturated rings. The second-order valence-corrected chi connectivity index (χ2v) is 9.27. The van der Waals surface area contributed by atoms with Crippen molar-refractivity contribution in [3.8, 4) is 0 Å². The van der Waals surface area contributed by atoms with Gasteiger partial charge in [0.25, 0.3) is 0 Å². The zero-order chi connectivity index (χ0) is 21.2. The summed E-state index contributed by atoms with van der Waals surface area (Å²) >= 11 is 0. The number of benzene rings is 2. The van der Waals surface area contributed by atoms with Gasteiger partial charge in [-0.1, -0.05) is 38.1 Å². The lowest BCUT2D eigenvalue weighted by Gasteiger charge is -2.16. The lowest BCUT2D eigenvalue weighted by molar-refractivity contribution is 0.0474. The molecule has 0 saturated heterocycles. The number of Topliss-reactive ketones (excluding diaryl/α,β-unsaturated/α-hetero) is 1. The first-order valence-corrected chi connectivity index (χ1v) is 11.5. The number of rotatable bonds is 7. The number of anilines is 1. The predicted molar refractivity (Wildman–Crippen MR) is 112 cm³/mol. The number of sulfonamides is 1. The van der Waals surface area contributed by atoms with Crippen LogP contribution in [0.25, 0.3) is 0 Å². The standard InChI is InChI=1S/C22H25NO5S/c1-4-15(2)16-5-7-17(8-6-16)21(24)14-28-22(25)19-9-10-20-18(13-19)11-12-23(20)29(3,26)27/h5-10,13,15H,4,11-12,14H2,1-3H3/t15-/m1/s1. The van der Waals surface area contributed by atoms with Crippen molar-refractivity contribution in [2.75, 3.05) is 23.7 Å². The SMILES string of the molecule is CC[C@@H](C)c1ccc(C(=O)COC(=O)c2ccc3c(c2)CCN3S(C)(=O)=O)cc1. The van der Waals surface area contributed by atoms with Gasteiger partial charge in [0.1, 0.15) is 0 Å². The Balaban J connectivity index is 1.63. The molecule has 154 valence electrons. The number of hydrogen-bond acceptors (Lipinski definition) is 5. The highest BCUT2D eigenvalue weighted by Crippen LogP contribution is 2.30. The van der Waals surface area contributed by atoms with Crippen LogP contribution < -0.4 is 4.31 Å². The summed E-state index contributed by atoms with van der Waals surface area (Å²) in [5.41, 5.74) is 3.34. The van der Waals surface area contributed by atoms with Crippen LogP contribution in [0.3, 0.4) is 0 Å². The molecule has 1 heterocycles. The Morgan fingerprint density at radius 2 is 1.76 bits per heavy atom. The van der Waals surface area contributed by atoms with E-state index in [4.69, 9.17) is 4.74 Å². The number of fused-ring (bicyclic) bond motifs is 1. The molecule has 7 heteroatoms. The lowest BCUT2D eigenvalue weighted by Crippen LogP contribution is -2.27. The molecule has 6 nitrogen and oxygen atoms in total. The van der Waals surface area contributed by atoms with E-state index >= 15 is 0 Å². The molecule has 0 N–H and O–H groups in total. The Labute approximate surface area is 171 Å². The highest BCUT2D eigenvalue weighted by atomic mass is 32.2. The van der Waals surface area contributed by atoms with Crippen molar-refractivity contribution >= 4 is 27.5 Å². The molecule has 29 heavy (non-hydrogen) atoms. The van der Waals surface area contributed by atoms with E-state index in [0.29, 0.717) is 35.7 Å². The van der Waals surface area contributed by atoms with Crippen LogP contribution >= 0.6 is 0 Å². The monoisotopic (exact) mass is 415 g/mol. The second kappa shape index (κ2) is 8.37.